The SMILES string of the molecule is CCCC[C@H]1CCN(CC2CC2(F)F)C1. The van der Waals surface area contributed by atoms with Gasteiger partial charge in [0.25, 0.3) is 5.92 Å². The van der Waals surface area contributed by atoms with Crippen molar-refractivity contribution >= 4 is 0 Å². The molecule has 0 bridgehead atoms. The van der Waals surface area contributed by atoms with Crippen LogP contribution in [-0.4, -0.2) is 30.5 Å². The lowest BCUT2D eigenvalue weighted by atomic mass is 10.0. The maximum absolute atomic E-state index is 12.7. The predicted molar refractivity (Wildman–Crippen MR) is 57.1 cm³/mol. The fraction of sp³-hybridized carbons (Fsp3) is 1.00. The van der Waals surface area contributed by atoms with Crippen LogP contribution in [0.15, 0.2) is 0 Å². The summed E-state index contributed by atoms with van der Waals surface area (Å²) in [6.45, 7) is 4.95. The van der Waals surface area contributed by atoms with Gasteiger partial charge < -0.3 is 4.90 Å². The van der Waals surface area contributed by atoms with Crippen molar-refractivity contribution in [2.45, 2.75) is 45.0 Å². The molecule has 2 fully saturated rings. The van der Waals surface area contributed by atoms with Gasteiger partial charge in [-0.2, -0.15) is 0 Å². The van der Waals surface area contributed by atoms with Gasteiger partial charge in [0.15, 0.2) is 0 Å². The number of rotatable bonds is 5. The van der Waals surface area contributed by atoms with Gasteiger partial charge in [-0.05, 0) is 25.3 Å². The molecule has 1 aliphatic carbocycles. The molecule has 2 aliphatic rings. The Hall–Kier alpha value is -0.180. The molecule has 2 atom stereocenters. The lowest BCUT2D eigenvalue weighted by molar-refractivity contribution is 0.0895. The molecule has 0 amide bonds. The van der Waals surface area contributed by atoms with E-state index in [1.165, 1.54) is 25.7 Å². The highest BCUT2D eigenvalue weighted by molar-refractivity contribution is 4.97. The topological polar surface area (TPSA) is 3.24 Å². The van der Waals surface area contributed by atoms with E-state index in [4.69, 9.17) is 0 Å². The Labute approximate surface area is 90.8 Å². The van der Waals surface area contributed by atoms with Crippen molar-refractivity contribution in [3.8, 4) is 0 Å². The van der Waals surface area contributed by atoms with Gasteiger partial charge >= 0.3 is 0 Å². The largest absolute Gasteiger partial charge is 0.303 e. The van der Waals surface area contributed by atoms with Crippen LogP contribution in [0.25, 0.3) is 0 Å². The van der Waals surface area contributed by atoms with E-state index in [1.54, 1.807) is 0 Å². The zero-order valence-electron chi connectivity index (χ0n) is 9.51. The van der Waals surface area contributed by atoms with Crippen molar-refractivity contribution < 1.29 is 8.78 Å². The lowest BCUT2D eigenvalue weighted by Gasteiger charge is -2.15. The summed E-state index contributed by atoms with van der Waals surface area (Å²) < 4.78 is 25.4. The standard InChI is InChI=1S/C12H21F2N/c1-2-3-4-10-5-6-15(8-10)9-11-7-12(11,13)14/h10-11H,2-9H2,1H3/t10-,11?/m0/s1. The third kappa shape index (κ3) is 2.90. The second-order valence-corrected chi connectivity index (χ2v) is 5.22. The average Bonchev–Trinajstić information content (AvgIpc) is 2.63. The Morgan fingerprint density at radius 3 is 2.73 bits per heavy atom. The third-order valence-electron chi connectivity index (χ3n) is 3.77. The summed E-state index contributed by atoms with van der Waals surface area (Å²) in [5, 5.41) is 0. The Bertz CT molecular complexity index is 218. The normalized spacial score (nSPS) is 34.6. The first-order chi connectivity index (χ1) is 7.12. The molecule has 2 rings (SSSR count). The van der Waals surface area contributed by atoms with E-state index in [-0.39, 0.29) is 12.3 Å². The van der Waals surface area contributed by atoms with E-state index in [2.05, 4.69) is 11.8 Å². The molecule has 15 heavy (non-hydrogen) atoms. The summed E-state index contributed by atoms with van der Waals surface area (Å²) in [4.78, 5) is 2.24. The second kappa shape index (κ2) is 4.36. The van der Waals surface area contributed by atoms with Crippen LogP contribution in [0.1, 0.15) is 39.0 Å². The van der Waals surface area contributed by atoms with Crippen LogP contribution in [0.2, 0.25) is 0 Å². The molecule has 1 aliphatic heterocycles. The fourth-order valence-corrected chi connectivity index (χ4v) is 2.59. The minimum atomic E-state index is -2.33. The number of unbranched alkanes of at least 4 members (excludes halogenated alkanes) is 1. The number of halogens is 2. The summed E-state index contributed by atoms with van der Waals surface area (Å²) in [5.41, 5.74) is 0. The van der Waals surface area contributed by atoms with Gasteiger partial charge in [-0.25, -0.2) is 8.78 Å². The monoisotopic (exact) mass is 217 g/mol. The second-order valence-electron chi connectivity index (χ2n) is 5.22. The number of hydrogen-bond acceptors (Lipinski definition) is 1. The van der Waals surface area contributed by atoms with Gasteiger partial charge in [0.1, 0.15) is 0 Å². The Morgan fingerprint density at radius 2 is 2.13 bits per heavy atom. The van der Waals surface area contributed by atoms with Gasteiger partial charge in [-0.15, -0.1) is 0 Å². The highest BCUT2D eigenvalue weighted by Crippen LogP contribution is 2.49. The van der Waals surface area contributed by atoms with E-state index >= 15 is 0 Å². The predicted octanol–water partition coefficient (Wildman–Crippen LogP) is 3.15. The summed E-state index contributed by atoms with van der Waals surface area (Å²) in [7, 11) is 0. The van der Waals surface area contributed by atoms with Crippen molar-refractivity contribution in [3.63, 3.8) is 0 Å². The van der Waals surface area contributed by atoms with E-state index in [9.17, 15) is 8.78 Å². The van der Waals surface area contributed by atoms with Crippen LogP contribution in [0.5, 0.6) is 0 Å². The lowest BCUT2D eigenvalue weighted by Crippen LogP contribution is -2.24. The first kappa shape index (κ1) is 11.3. The molecule has 1 heterocycles. The Balaban J connectivity index is 1.65. The minimum Gasteiger partial charge on any atom is -0.303 e. The molecule has 88 valence electrons. The summed E-state index contributed by atoms with van der Waals surface area (Å²) in [6.07, 6.45) is 5.17. The summed E-state index contributed by atoms with van der Waals surface area (Å²) in [5.74, 6) is -1.89. The summed E-state index contributed by atoms with van der Waals surface area (Å²) >= 11 is 0. The van der Waals surface area contributed by atoms with Crippen molar-refractivity contribution in [3.05, 3.63) is 0 Å². The number of likely N-dealkylation sites (tertiary alicyclic amines) is 1. The molecule has 1 unspecified atom stereocenters. The molecule has 0 aromatic carbocycles. The fourth-order valence-electron chi connectivity index (χ4n) is 2.59. The maximum atomic E-state index is 12.7. The smallest absolute Gasteiger partial charge is 0.252 e. The van der Waals surface area contributed by atoms with Crippen LogP contribution in [0.3, 0.4) is 0 Å². The zero-order chi connectivity index (χ0) is 10.9. The van der Waals surface area contributed by atoms with Crippen molar-refractivity contribution in [2.75, 3.05) is 19.6 Å². The third-order valence-corrected chi connectivity index (χ3v) is 3.77. The van der Waals surface area contributed by atoms with Gasteiger partial charge in [-0.1, -0.05) is 19.8 Å². The van der Waals surface area contributed by atoms with Crippen LogP contribution in [0, 0.1) is 11.8 Å². The van der Waals surface area contributed by atoms with Gasteiger partial charge in [0.05, 0.1) is 0 Å². The van der Waals surface area contributed by atoms with Gasteiger partial charge in [0, 0.05) is 25.4 Å². The van der Waals surface area contributed by atoms with Crippen molar-refractivity contribution in [1.29, 1.82) is 0 Å². The molecule has 0 radical (unpaired) electrons. The molecule has 1 nitrogen and oxygen atoms in total. The molecule has 1 saturated heterocycles. The van der Waals surface area contributed by atoms with E-state index < -0.39 is 5.92 Å². The van der Waals surface area contributed by atoms with Crippen LogP contribution in [-0.2, 0) is 0 Å². The van der Waals surface area contributed by atoms with Crippen LogP contribution in [0.4, 0.5) is 8.78 Å². The van der Waals surface area contributed by atoms with Crippen LogP contribution < -0.4 is 0 Å². The highest BCUT2D eigenvalue weighted by atomic mass is 19.3. The average molecular weight is 217 g/mol. The number of alkyl halides is 2. The summed E-state index contributed by atoms with van der Waals surface area (Å²) in [6, 6.07) is 0. The van der Waals surface area contributed by atoms with Gasteiger partial charge in [0.2, 0.25) is 0 Å². The van der Waals surface area contributed by atoms with E-state index in [1.807, 2.05) is 0 Å². The molecule has 1 saturated carbocycles. The molecule has 0 aromatic rings. The first-order valence-corrected chi connectivity index (χ1v) is 6.22. The highest BCUT2D eigenvalue weighted by Gasteiger charge is 2.57. The first-order valence-electron chi connectivity index (χ1n) is 6.22. The molecule has 0 aromatic heterocycles. The van der Waals surface area contributed by atoms with Crippen molar-refractivity contribution in [2.24, 2.45) is 11.8 Å². The quantitative estimate of drug-likeness (QED) is 0.683. The van der Waals surface area contributed by atoms with Gasteiger partial charge in [-0.3, -0.25) is 0 Å². The molecule has 0 N–H and O–H groups in total. The van der Waals surface area contributed by atoms with Crippen LogP contribution >= 0.6 is 0 Å². The van der Waals surface area contributed by atoms with E-state index in [0.29, 0.717) is 6.54 Å². The molecule has 0 spiro atoms. The maximum Gasteiger partial charge on any atom is 0.252 e. The Kier molecular flexibility index (Phi) is 3.29. The Morgan fingerprint density at radius 1 is 1.40 bits per heavy atom. The number of hydrogen-bond donors (Lipinski definition) is 0. The molecular weight excluding hydrogens is 196 g/mol. The molecular formula is C12H21F2N. The van der Waals surface area contributed by atoms with Crippen molar-refractivity contribution in [1.82, 2.24) is 4.90 Å². The van der Waals surface area contributed by atoms with E-state index in [0.717, 1.165) is 19.0 Å². The zero-order valence-corrected chi connectivity index (χ0v) is 9.51. The minimum absolute atomic E-state index is 0.128. The number of nitrogens with zero attached hydrogens (tertiary/aromatic N) is 1. The molecule has 3 heteroatoms.